The van der Waals surface area contributed by atoms with E-state index in [1.807, 2.05) is 37.3 Å². The summed E-state index contributed by atoms with van der Waals surface area (Å²) >= 11 is 0. The van der Waals surface area contributed by atoms with Crippen LogP contribution in [0, 0.1) is 0 Å². The van der Waals surface area contributed by atoms with Gasteiger partial charge in [-0.25, -0.2) is 0 Å². The van der Waals surface area contributed by atoms with Crippen LogP contribution in [-0.2, 0) is 6.42 Å². The van der Waals surface area contributed by atoms with E-state index in [0.717, 1.165) is 17.7 Å². The number of hydrogen-bond acceptors (Lipinski definition) is 5. The average molecular weight is 367 g/mol. The molecule has 2 aromatic heterocycles. The summed E-state index contributed by atoms with van der Waals surface area (Å²) in [5.74, 6) is 1.04. The molecule has 0 aliphatic rings. The van der Waals surface area contributed by atoms with Crippen LogP contribution in [0.2, 0.25) is 0 Å². The second kappa shape index (κ2) is 8.84. The van der Waals surface area contributed by atoms with Gasteiger partial charge in [0.25, 0.3) is 11.8 Å². The summed E-state index contributed by atoms with van der Waals surface area (Å²) < 4.78 is 10.6. The average Bonchev–Trinajstić information content (AvgIpc) is 3.38. The Labute approximate surface area is 156 Å². The highest BCUT2D eigenvalue weighted by atomic mass is 16.5. The van der Waals surface area contributed by atoms with Gasteiger partial charge in [-0.15, -0.1) is 0 Å². The van der Waals surface area contributed by atoms with Crippen LogP contribution in [0.15, 0.2) is 57.5 Å². The van der Waals surface area contributed by atoms with Crippen LogP contribution < -0.4 is 10.6 Å². The number of nitrogens with zero attached hydrogens (tertiary/aromatic N) is 1. The fraction of sp³-hybridized carbons (Fsp3) is 0.250. The maximum atomic E-state index is 12.1. The molecule has 1 aromatic carbocycles. The van der Waals surface area contributed by atoms with Crippen molar-refractivity contribution >= 4 is 11.8 Å². The lowest BCUT2D eigenvalue weighted by Gasteiger charge is -2.04. The Balaban J connectivity index is 1.40. The molecule has 2 amide bonds. The number of carbonyl (C=O) groups excluding carboxylic acids is 2. The first-order chi connectivity index (χ1) is 13.2. The first kappa shape index (κ1) is 18.4. The predicted molar refractivity (Wildman–Crippen MR) is 99.3 cm³/mol. The molecule has 2 heterocycles. The Bertz CT molecular complexity index is 899. The van der Waals surface area contributed by atoms with E-state index in [1.165, 1.54) is 0 Å². The zero-order valence-electron chi connectivity index (χ0n) is 15.0. The minimum absolute atomic E-state index is 0.223. The quantitative estimate of drug-likeness (QED) is 0.597. The molecule has 0 bridgehead atoms. The lowest BCUT2D eigenvalue weighted by Crippen LogP contribution is -2.29. The summed E-state index contributed by atoms with van der Waals surface area (Å²) in [6.07, 6.45) is 1.33. The zero-order chi connectivity index (χ0) is 19.1. The molecule has 7 nitrogen and oxygen atoms in total. The largest absolute Gasteiger partial charge is 0.456 e. The van der Waals surface area contributed by atoms with Crippen molar-refractivity contribution in [3.05, 3.63) is 65.7 Å². The predicted octanol–water partition coefficient (Wildman–Crippen LogP) is 3.05. The van der Waals surface area contributed by atoms with E-state index in [9.17, 15) is 9.59 Å². The third kappa shape index (κ3) is 4.84. The minimum atomic E-state index is -0.314. The third-order valence-corrected chi connectivity index (χ3v) is 3.96. The van der Waals surface area contributed by atoms with E-state index in [0.29, 0.717) is 31.0 Å². The molecule has 0 unspecified atom stereocenters. The van der Waals surface area contributed by atoms with Crippen molar-refractivity contribution in [1.82, 2.24) is 15.8 Å². The molecule has 27 heavy (non-hydrogen) atoms. The summed E-state index contributed by atoms with van der Waals surface area (Å²) in [4.78, 5) is 24.0. The van der Waals surface area contributed by atoms with Crippen molar-refractivity contribution in [3.8, 4) is 11.3 Å². The maximum Gasteiger partial charge on any atom is 0.286 e. The highest BCUT2D eigenvalue weighted by Crippen LogP contribution is 2.19. The number of carbonyl (C=O) groups is 2. The summed E-state index contributed by atoms with van der Waals surface area (Å²) in [5.41, 5.74) is 1.08. The van der Waals surface area contributed by atoms with Gasteiger partial charge < -0.3 is 19.6 Å². The summed E-state index contributed by atoms with van der Waals surface area (Å²) in [6, 6.07) is 14.5. The standard InChI is InChI=1S/C20H21N3O4/c1-2-15-9-10-17(26-15)20(25)22-12-6-11-21-19(24)16-13-18(27-23-16)14-7-4-3-5-8-14/h3-5,7-10,13H,2,6,11-12H2,1H3,(H,21,24)(H,22,25). The fourth-order valence-corrected chi connectivity index (χ4v) is 2.48. The molecule has 2 N–H and O–H groups in total. The molecule has 0 radical (unpaired) electrons. The molecule has 140 valence electrons. The topological polar surface area (TPSA) is 97.4 Å². The second-order valence-electron chi connectivity index (χ2n) is 5.93. The Morgan fingerprint density at radius 3 is 2.44 bits per heavy atom. The minimum Gasteiger partial charge on any atom is -0.456 e. The molecule has 0 spiro atoms. The molecule has 0 aliphatic carbocycles. The van der Waals surface area contributed by atoms with Crippen LogP contribution in [0.4, 0.5) is 0 Å². The van der Waals surface area contributed by atoms with E-state index in [1.54, 1.807) is 18.2 Å². The van der Waals surface area contributed by atoms with Crippen LogP contribution in [0.25, 0.3) is 11.3 Å². The molecule has 0 aliphatic heterocycles. The maximum absolute atomic E-state index is 12.1. The van der Waals surface area contributed by atoms with Gasteiger partial charge >= 0.3 is 0 Å². The van der Waals surface area contributed by atoms with E-state index < -0.39 is 0 Å². The number of rotatable bonds is 8. The Hall–Kier alpha value is -3.35. The van der Waals surface area contributed by atoms with Crippen molar-refractivity contribution in [2.45, 2.75) is 19.8 Å². The smallest absolute Gasteiger partial charge is 0.286 e. The Morgan fingerprint density at radius 1 is 1.00 bits per heavy atom. The molecular weight excluding hydrogens is 346 g/mol. The van der Waals surface area contributed by atoms with Gasteiger partial charge in [0, 0.05) is 31.1 Å². The van der Waals surface area contributed by atoms with E-state index >= 15 is 0 Å². The van der Waals surface area contributed by atoms with Gasteiger partial charge in [-0.3, -0.25) is 9.59 Å². The Morgan fingerprint density at radius 2 is 1.74 bits per heavy atom. The van der Waals surface area contributed by atoms with Gasteiger partial charge in [0.05, 0.1) is 0 Å². The first-order valence-electron chi connectivity index (χ1n) is 8.84. The summed E-state index contributed by atoms with van der Waals surface area (Å²) in [6.45, 7) is 2.79. The first-order valence-corrected chi connectivity index (χ1v) is 8.84. The highest BCUT2D eigenvalue weighted by Gasteiger charge is 2.13. The fourth-order valence-electron chi connectivity index (χ4n) is 2.48. The van der Waals surface area contributed by atoms with Crippen LogP contribution in [0.3, 0.4) is 0 Å². The van der Waals surface area contributed by atoms with Gasteiger partial charge in [0.15, 0.2) is 17.2 Å². The third-order valence-electron chi connectivity index (χ3n) is 3.96. The van der Waals surface area contributed by atoms with E-state index in [4.69, 9.17) is 8.94 Å². The number of aromatic nitrogens is 1. The Kier molecular flexibility index (Phi) is 6.04. The zero-order valence-corrected chi connectivity index (χ0v) is 15.0. The van der Waals surface area contributed by atoms with Gasteiger partial charge in [-0.2, -0.15) is 0 Å². The van der Waals surface area contributed by atoms with Crippen LogP contribution >= 0.6 is 0 Å². The van der Waals surface area contributed by atoms with Crippen LogP contribution in [0.1, 0.15) is 40.1 Å². The highest BCUT2D eigenvalue weighted by molar-refractivity contribution is 5.93. The van der Waals surface area contributed by atoms with Gasteiger partial charge in [0.2, 0.25) is 0 Å². The number of amides is 2. The molecule has 7 heteroatoms. The van der Waals surface area contributed by atoms with Gasteiger partial charge in [0.1, 0.15) is 5.76 Å². The monoisotopic (exact) mass is 367 g/mol. The molecule has 0 fully saturated rings. The number of aryl methyl sites for hydroxylation is 1. The van der Waals surface area contributed by atoms with E-state index in [2.05, 4.69) is 15.8 Å². The van der Waals surface area contributed by atoms with Crippen molar-refractivity contribution in [2.75, 3.05) is 13.1 Å². The number of nitrogens with one attached hydrogen (secondary N) is 2. The number of hydrogen-bond donors (Lipinski definition) is 2. The number of furan rings is 1. The van der Waals surface area contributed by atoms with Crippen LogP contribution in [0.5, 0.6) is 0 Å². The molecule has 3 aromatic rings. The molecule has 0 atom stereocenters. The van der Waals surface area contributed by atoms with Crippen molar-refractivity contribution in [3.63, 3.8) is 0 Å². The SMILES string of the molecule is CCc1ccc(C(=O)NCCCNC(=O)c2cc(-c3ccccc3)on2)o1. The van der Waals surface area contributed by atoms with Gasteiger partial charge in [-0.1, -0.05) is 42.4 Å². The summed E-state index contributed by atoms with van der Waals surface area (Å²) in [7, 11) is 0. The summed E-state index contributed by atoms with van der Waals surface area (Å²) in [5, 5.41) is 9.31. The lowest BCUT2D eigenvalue weighted by molar-refractivity contribution is 0.0924. The second-order valence-corrected chi connectivity index (χ2v) is 5.93. The molecule has 3 rings (SSSR count). The molecule has 0 saturated heterocycles. The molecule has 0 saturated carbocycles. The van der Waals surface area contributed by atoms with E-state index in [-0.39, 0.29) is 17.5 Å². The lowest BCUT2D eigenvalue weighted by atomic mass is 10.1. The van der Waals surface area contributed by atoms with Crippen molar-refractivity contribution in [1.29, 1.82) is 0 Å². The van der Waals surface area contributed by atoms with Crippen LogP contribution in [-0.4, -0.2) is 30.1 Å². The van der Waals surface area contributed by atoms with Crippen molar-refractivity contribution in [2.24, 2.45) is 0 Å². The molecular formula is C20H21N3O4. The van der Waals surface area contributed by atoms with Gasteiger partial charge in [-0.05, 0) is 18.6 Å². The number of benzene rings is 1. The van der Waals surface area contributed by atoms with Crippen molar-refractivity contribution < 1.29 is 18.5 Å². The normalized spacial score (nSPS) is 10.6.